The van der Waals surface area contributed by atoms with Crippen molar-refractivity contribution in [2.24, 2.45) is 0 Å². The highest BCUT2D eigenvalue weighted by Crippen LogP contribution is 2.37. The lowest BCUT2D eigenvalue weighted by Gasteiger charge is -2.17. The van der Waals surface area contributed by atoms with Gasteiger partial charge in [-0.2, -0.15) is 0 Å². The summed E-state index contributed by atoms with van der Waals surface area (Å²) in [7, 11) is 0. The molecule has 0 aliphatic rings. The number of hydrogen-bond acceptors (Lipinski definition) is 3. The van der Waals surface area contributed by atoms with E-state index in [1.54, 1.807) is 0 Å². The van der Waals surface area contributed by atoms with Crippen LogP contribution < -0.4 is 9.47 Å². The molecule has 1 aromatic carbocycles. The second kappa shape index (κ2) is 6.00. The van der Waals surface area contributed by atoms with E-state index in [-0.39, 0.29) is 0 Å². The molecule has 0 radical (unpaired) electrons. The topological polar surface area (TPSA) is 35.5 Å². The summed E-state index contributed by atoms with van der Waals surface area (Å²) >= 11 is 5.60. The molecule has 1 rings (SSSR count). The molecule has 118 valence electrons. The number of alkyl halides is 7. The van der Waals surface area contributed by atoms with Gasteiger partial charge in [-0.05, 0) is 19.1 Å². The van der Waals surface area contributed by atoms with Crippen LogP contribution in [0.15, 0.2) is 18.2 Å². The molecule has 0 spiro atoms. The highest BCUT2D eigenvalue weighted by Gasteiger charge is 2.35. The fourth-order valence-electron chi connectivity index (χ4n) is 1.35. The lowest BCUT2D eigenvalue weighted by molar-refractivity contribution is -0.276. The number of carbonyl (C=O) groups is 1. The summed E-state index contributed by atoms with van der Waals surface area (Å²) in [6.45, 7) is 1.01. The summed E-state index contributed by atoms with van der Waals surface area (Å²) in [5.41, 5.74) is -0.420. The van der Waals surface area contributed by atoms with Gasteiger partial charge in [0.15, 0.2) is 5.78 Å². The molecule has 0 aliphatic heterocycles. The van der Waals surface area contributed by atoms with Crippen molar-refractivity contribution >= 4 is 17.4 Å². The Morgan fingerprint density at radius 2 is 1.62 bits per heavy atom. The Morgan fingerprint density at radius 1 is 1.10 bits per heavy atom. The Labute approximate surface area is 119 Å². The van der Waals surface area contributed by atoms with Crippen LogP contribution in [0.2, 0.25) is 0 Å². The van der Waals surface area contributed by atoms with Crippen molar-refractivity contribution in [1.29, 1.82) is 0 Å². The molecule has 0 N–H and O–H groups in total. The molecule has 1 aromatic rings. The van der Waals surface area contributed by atoms with Gasteiger partial charge in [-0.3, -0.25) is 4.79 Å². The van der Waals surface area contributed by atoms with Crippen molar-refractivity contribution in [2.45, 2.75) is 25.0 Å². The van der Waals surface area contributed by atoms with Crippen LogP contribution in [0, 0.1) is 0 Å². The molecule has 0 aromatic heterocycles. The minimum atomic E-state index is -5.17. The van der Waals surface area contributed by atoms with Crippen molar-refractivity contribution in [3.05, 3.63) is 23.8 Å². The summed E-state index contributed by atoms with van der Waals surface area (Å²) in [6, 6.07) is 1.88. The number of carbonyl (C=O) groups excluding carboxylic acids is 1. The average molecular weight is 337 g/mol. The minimum absolute atomic E-state index is 0.356. The third-order valence-electron chi connectivity index (χ3n) is 2.07. The van der Waals surface area contributed by atoms with Gasteiger partial charge in [0, 0.05) is 11.6 Å². The highest BCUT2D eigenvalue weighted by atomic mass is 35.5. The van der Waals surface area contributed by atoms with Crippen molar-refractivity contribution < 1.29 is 40.6 Å². The fourth-order valence-corrected chi connectivity index (χ4v) is 1.53. The molecule has 0 heterocycles. The second-order valence-electron chi connectivity index (χ2n) is 3.77. The Kier molecular flexibility index (Phi) is 4.98. The second-order valence-corrected chi connectivity index (χ2v) is 4.20. The van der Waals surface area contributed by atoms with E-state index in [0.29, 0.717) is 6.07 Å². The molecule has 3 nitrogen and oxygen atoms in total. The molecule has 21 heavy (non-hydrogen) atoms. The van der Waals surface area contributed by atoms with Gasteiger partial charge in [-0.1, -0.05) is 0 Å². The quantitative estimate of drug-likeness (QED) is 0.605. The molecule has 0 bridgehead atoms. The zero-order valence-corrected chi connectivity index (χ0v) is 10.9. The number of Topliss-reactive ketones (excluding diaryl/α,β-unsaturated/α-hetero) is 1. The van der Waals surface area contributed by atoms with Gasteiger partial charge in [0.2, 0.25) is 0 Å². The molecule has 0 fully saturated rings. The predicted molar refractivity (Wildman–Crippen MR) is 59.1 cm³/mol. The number of halogens is 7. The van der Waals surface area contributed by atoms with Crippen LogP contribution in [0.1, 0.15) is 17.9 Å². The standard InChI is InChI=1S/C11H7ClF6O3/c1-5(19)9(12)7-3-2-6(20-10(13,14)15)4-8(7)21-11(16,17)18/h2-4,9H,1H3. The maximum atomic E-state index is 12.2. The van der Waals surface area contributed by atoms with E-state index in [1.807, 2.05) is 0 Å². The highest BCUT2D eigenvalue weighted by molar-refractivity contribution is 6.31. The van der Waals surface area contributed by atoms with Gasteiger partial charge < -0.3 is 9.47 Å². The van der Waals surface area contributed by atoms with Crippen molar-refractivity contribution in [2.75, 3.05) is 0 Å². The van der Waals surface area contributed by atoms with E-state index in [4.69, 9.17) is 11.6 Å². The Bertz CT molecular complexity index is 526. The zero-order chi connectivity index (χ0) is 16.4. The number of ether oxygens (including phenoxy) is 2. The van der Waals surface area contributed by atoms with Crippen molar-refractivity contribution in [1.82, 2.24) is 0 Å². The van der Waals surface area contributed by atoms with Crippen LogP contribution in [0.4, 0.5) is 26.3 Å². The van der Waals surface area contributed by atoms with Crippen LogP contribution in [0.25, 0.3) is 0 Å². The van der Waals surface area contributed by atoms with E-state index in [1.165, 1.54) is 0 Å². The summed E-state index contributed by atoms with van der Waals surface area (Å²) in [5.74, 6) is -2.68. The maximum Gasteiger partial charge on any atom is 0.573 e. The van der Waals surface area contributed by atoms with E-state index >= 15 is 0 Å². The lowest BCUT2D eigenvalue weighted by atomic mass is 10.1. The molecule has 0 saturated heterocycles. The monoisotopic (exact) mass is 336 g/mol. The first-order chi connectivity index (χ1) is 9.39. The third kappa shape index (κ3) is 5.70. The van der Waals surface area contributed by atoms with Crippen LogP contribution >= 0.6 is 11.6 Å². The first kappa shape index (κ1) is 17.4. The number of ketones is 1. The van der Waals surface area contributed by atoms with Crippen LogP contribution in [-0.4, -0.2) is 18.5 Å². The Balaban J connectivity index is 3.23. The van der Waals surface area contributed by atoms with E-state index in [0.717, 1.165) is 19.1 Å². The molecule has 10 heteroatoms. The normalized spacial score (nSPS) is 13.7. The first-order valence-corrected chi connectivity index (χ1v) is 5.62. The smallest absolute Gasteiger partial charge is 0.406 e. The largest absolute Gasteiger partial charge is 0.573 e. The lowest BCUT2D eigenvalue weighted by Crippen LogP contribution is -2.20. The molecule has 0 amide bonds. The van der Waals surface area contributed by atoms with Gasteiger partial charge in [-0.25, -0.2) is 0 Å². The van der Waals surface area contributed by atoms with Crippen molar-refractivity contribution in [3.8, 4) is 11.5 Å². The molecule has 1 unspecified atom stereocenters. The Morgan fingerprint density at radius 3 is 2.05 bits per heavy atom. The zero-order valence-electron chi connectivity index (χ0n) is 10.2. The molecular formula is C11H7ClF6O3. The van der Waals surface area contributed by atoms with E-state index < -0.39 is 40.9 Å². The first-order valence-electron chi connectivity index (χ1n) is 5.19. The van der Waals surface area contributed by atoms with Gasteiger partial charge in [0.25, 0.3) is 0 Å². The molecule has 0 saturated carbocycles. The fraction of sp³-hybridized carbons (Fsp3) is 0.364. The molecule has 1 atom stereocenters. The minimum Gasteiger partial charge on any atom is -0.406 e. The van der Waals surface area contributed by atoms with E-state index in [9.17, 15) is 31.1 Å². The number of hydrogen-bond donors (Lipinski definition) is 0. The summed E-state index contributed by atoms with van der Waals surface area (Å²) < 4.78 is 79.9. The van der Waals surface area contributed by atoms with Crippen LogP contribution in [-0.2, 0) is 4.79 Å². The average Bonchev–Trinajstić information content (AvgIpc) is 2.23. The van der Waals surface area contributed by atoms with Crippen LogP contribution in [0.5, 0.6) is 11.5 Å². The van der Waals surface area contributed by atoms with Crippen LogP contribution in [0.3, 0.4) is 0 Å². The Hall–Kier alpha value is -1.64. The SMILES string of the molecule is CC(=O)C(Cl)c1ccc(OC(F)(F)F)cc1OC(F)(F)F. The van der Waals surface area contributed by atoms with Gasteiger partial charge >= 0.3 is 12.7 Å². The third-order valence-corrected chi connectivity index (χ3v) is 2.62. The van der Waals surface area contributed by atoms with Gasteiger partial charge in [0.1, 0.15) is 16.9 Å². The molecular weight excluding hydrogens is 330 g/mol. The van der Waals surface area contributed by atoms with Gasteiger partial charge in [-0.15, -0.1) is 37.9 Å². The summed E-state index contributed by atoms with van der Waals surface area (Å²) in [5, 5.41) is -1.50. The number of rotatable bonds is 4. The summed E-state index contributed by atoms with van der Waals surface area (Å²) in [6.07, 6.45) is -10.3. The number of benzene rings is 1. The maximum absolute atomic E-state index is 12.2. The molecule has 0 aliphatic carbocycles. The van der Waals surface area contributed by atoms with E-state index in [2.05, 4.69) is 9.47 Å². The van der Waals surface area contributed by atoms with Gasteiger partial charge in [0.05, 0.1) is 0 Å². The van der Waals surface area contributed by atoms with Crippen molar-refractivity contribution in [3.63, 3.8) is 0 Å². The predicted octanol–water partition coefficient (Wildman–Crippen LogP) is 4.35. The summed E-state index contributed by atoms with van der Waals surface area (Å²) in [4.78, 5) is 11.1.